The SMILES string of the molecule is c1ccc(-n2c3cc(-c4ccc(-c5cncs5)nc4)ccc3c3ccc(-c4ccc(-c5cncs5)nc4)cc32)cc1. The number of rotatable bonds is 5. The van der Waals surface area contributed by atoms with Gasteiger partial charge in [0.05, 0.1) is 43.2 Å². The number of thiazole rings is 2. The fourth-order valence-electron chi connectivity index (χ4n) is 5.34. The molecular weight excluding hydrogens is 543 g/mol. The molecular formula is C34H21N5S2. The Kier molecular flexibility index (Phi) is 5.76. The lowest BCUT2D eigenvalue weighted by atomic mass is 10.0. The maximum Gasteiger partial charge on any atom is 0.0818 e. The van der Waals surface area contributed by atoms with Gasteiger partial charge in [0.15, 0.2) is 0 Å². The van der Waals surface area contributed by atoms with Gasteiger partial charge in [0.25, 0.3) is 0 Å². The molecule has 0 amide bonds. The van der Waals surface area contributed by atoms with Crippen LogP contribution in [-0.2, 0) is 0 Å². The predicted octanol–water partition coefficient (Wildman–Crippen LogP) is 9.15. The van der Waals surface area contributed by atoms with Crippen LogP contribution < -0.4 is 0 Å². The molecule has 0 fully saturated rings. The zero-order chi connectivity index (χ0) is 27.2. The van der Waals surface area contributed by atoms with E-state index in [0.717, 1.165) is 60.1 Å². The summed E-state index contributed by atoms with van der Waals surface area (Å²) in [7, 11) is 0. The summed E-state index contributed by atoms with van der Waals surface area (Å²) in [5.74, 6) is 0. The monoisotopic (exact) mass is 563 g/mol. The number of benzene rings is 3. The van der Waals surface area contributed by atoms with Crippen LogP contribution in [0.25, 0.3) is 70.9 Å². The molecule has 0 aliphatic heterocycles. The van der Waals surface area contributed by atoms with Gasteiger partial charge in [0.1, 0.15) is 0 Å². The molecule has 5 aromatic heterocycles. The molecule has 8 aromatic rings. The van der Waals surface area contributed by atoms with Crippen LogP contribution >= 0.6 is 22.7 Å². The van der Waals surface area contributed by atoms with Crippen molar-refractivity contribution in [3.63, 3.8) is 0 Å². The van der Waals surface area contributed by atoms with Crippen molar-refractivity contribution in [3.05, 3.63) is 127 Å². The Morgan fingerprint density at radius 3 is 1.44 bits per heavy atom. The smallest absolute Gasteiger partial charge is 0.0818 e. The number of pyridine rings is 2. The van der Waals surface area contributed by atoms with Crippen LogP contribution in [0.1, 0.15) is 0 Å². The molecule has 0 atom stereocenters. The van der Waals surface area contributed by atoms with Crippen molar-refractivity contribution in [3.8, 4) is 49.1 Å². The van der Waals surface area contributed by atoms with Gasteiger partial charge in [-0.3, -0.25) is 19.9 Å². The second-order valence-electron chi connectivity index (χ2n) is 9.73. The zero-order valence-electron chi connectivity index (χ0n) is 21.7. The van der Waals surface area contributed by atoms with Crippen molar-refractivity contribution in [2.75, 3.05) is 0 Å². The fraction of sp³-hybridized carbons (Fsp3) is 0. The molecule has 5 nitrogen and oxygen atoms in total. The highest BCUT2D eigenvalue weighted by Gasteiger charge is 2.15. The molecule has 3 aromatic carbocycles. The molecule has 8 rings (SSSR count). The minimum atomic E-state index is 0.942. The Morgan fingerprint density at radius 1 is 0.488 bits per heavy atom. The van der Waals surface area contributed by atoms with Crippen molar-refractivity contribution < 1.29 is 0 Å². The molecule has 0 unspecified atom stereocenters. The normalized spacial score (nSPS) is 11.4. The van der Waals surface area contributed by atoms with E-state index in [9.17, 15) is 0 Å². The molecule has 0 bridgehead atoms. The van der Waals surface area contributed by atoms with Crippen molar-refractivity contribution >= 4 is 44.5 Å². The third-order valence-electron chi connectivity index (χ3n) is 7.35. The van der Waals surface area contributed by atoms with Crippen LogP contribution in [-0.4, -0.2) is 24.5 Å². The predicted molar refractivity (Wildman–Crippen MR) is 169 cm³/mol. The molecule has 0 aliphatic carbocycles. The lowest BCUT2D eigenvalue weighted by molar-refractivity contribution is 1.18. The number of para-hydroxylation sites is 1. The summed E-state index contributed by atoms with van der Waals surface area (Å²) in [4.78, 5) is 20.0. The van der Waals surface area contributed by atoms with Crippen LogP contribution in [0.2, 0.25) is 0 Å². The molecule has 0 radical (unpaired) electrons. The van der Waals surface area contributed by atoms with Crippen molar-refractivity contribution in [1.29, 1.82) is 0 Å². The van der Waals surface area contributed by atoms with Gasteiger partial charge in [-0.2, -0.15) is 0 Å². The van der Waals surface area contributed by atoms with E-state index in [1.807, 2.05) is 35.8 Å². The van der Waals surface area contributed by atoms with Crippen molar-refractivity contribution in [2.45, 2.75) is 0 Å². The summed E-state index contributed by atoms with van der Waals surface area (Å²) in [5.41, 5.74) is 13.4. The minimum absolute atomic E-state index is 0.942. The van der Waals surface area contributed by atoms with Gasteiger partial charge < -0.3 is 4.57 Å². The Balaban J connectivity index is 1.27. The van der Waals surface area contributed by atoms with Gasteiger partial charge in [0, 0.05) is 52.4 Å². The first-order chi connectivity index (χ1) is 20.3. The lowest BCUT2D eigenvalue weighted by Gasteiger charge is -2.10. The van der Waals surface area contributed by atoms with E-state index in [1.165, 1.54) is 10.8 Å². The average molecular weight is 564 g/mol. The molecule has 0 aliphatic rings. The number of hydrogen-bond acceptors (Lipinski definition) is 6. The lowest BCUT2D eigenvalue weighted by Crippen LogP contribution is -1.94. The average Bonchev–Trinajstić information content (AvgIpc) is 3.82. The summed E-state index contributed by atoms with van der Waals surface area (Å²) >= 11 is 3.20. The van der Waals surface area contributed by atoms with E-state index in [2.05, 4.69) is 106 Å². The van der Waals surface area contributed by atoms with Crippen LogP contribution in [0.15, 0.2) is 127 Å². The van der Waals surface area contributed by atoms with Gasteiger partial charge in [-0.15, -0.1) is 22.7 Å². The Bertz CT molecular complexity index is 1980. The zero-order valence-corrected chi connectivity index (χ0v) is 23.3. The first kappa shape index (κ1) is 23.9. The second-order valence-corrected chi connectivity index (χ2v) is 11.5. The van der Waals surface area contributed by atoms with E-state index >= 15 is 0 Å². The molecule has 0 spiro atoms. The highest BCUT2D eigenvalue weighted by atomic mass is 32.1. The Hall–Kier alpha value is -4.98. The summed E-state index contributed by atoms with van der Waals surface area (Å²) in [6.07, 6.45) is 7.62. The van der Waals surface area contributed by atoms with Gasteiger partial charge in [0.2, 0.25) is 0 Å². The van der Waals surface area contributed by atoms with Crippen LogP contribution in [0.3, 0.4) is 0 Å². The maximum atomic E-state index is 4.72. The second kappa shape index (κ2) is 9.89. The van der Waals surface area contributed by atoms with E-state index in [0.29, 0.717) is 0 Å². The number of hydrogen-bond donors (Lipinski definition) is 0. The van der Waals surface area contributed by atoms with E-state index in [4.69, 9.17) is 9.97 Å². The van der Waals surface area contributed by atoms with Crippen LogP contribution in [0.5, 0.6) is 0 Å². The minimum Gasteiger partial charge on any atom is -0.309 e. The van der Waals surface area contributed by atoms with E-state index in [1.54, 1.807) is 22.7 Å². The molecule has 0 N–H and O–H groups in total. The molecule has 0 saturated heterocycles. The fourth-order valence-corrected chi connectivity index (χ4v) is 6.54. The first-order valence-corrected chi connectivity index (χ1v) is 14.9. The van der Waals surface area contributed by atoms with Gasteiger partial charge in [-0.25, -0.2) is 0 Å². The molecule has 194 valence electrons. The summed E-state index contributed by atoms with van der Waals surface area (Å²) in [6, 6.07) is 32.4. The summed E-state index contributed by atoms with van der Waals surface area (Å²) in [5, 5.41) is 2.43. The standard InChI is InChI=1S/C34H21N5S2/c1-2-4-26(5-3-1)39-31-14-22(24-8-12-29(37-16-24)33-18-35-20-40-33)6-10-27(31)28-11-7-23(15-32(28)39)25-9-13-30(38-17-25)34-19-36-21-41-34/h1-21H. The molecule has 41 heavy (non-hydrogen) atoms. The first-order valence-electron chi connectivity index (χ1n) is 13.2. The van der Waals surface area contributed by atoms with E-state index < -0.39 is 0 Å². The molecule has 5 heterocycles. The maximum absolute atomic E-state index is 4.72. The van der Waals surface area contributed by atoms with Crippen LogP contribution in [0.4, 0.5) is 0 Å². The highest BCUT2D eigenvalue weighted by Crippen LogP contribution is 2.37. The Labute approximate surface area is 244 Å². The third kappa shape index (κ3) is 4.23. The number of aromatic nitrogens is 5. The summed E-state index contributed by atoms with van der Waals surface area (Å²) in [6.45, 7) is 0. The third-order valence-corrected chi connectivity index (χ3v) is 8.94. The molecule has 7 heteroatoms. The van der Waals surface area contributed by atoms with Gasteiger partial charge >= 0.3 is 0 Å². The topological polar surface area (TPSA) is 56.5 Å². The quantitative estimate of drug-likeness (QED) is 0.209. The number of fused-ring (bicyclic) bond motifs is 3. The Morgan fingerprint density at radius 2 is 1.00 bits per heavy atom. The van der Waals surface area contributed by atoms with Crippen LogP contribution in [0, 0.1) is 0 Å². The van der Waals surface area contributed by atoms with Crippen molar-refractivity contribution in [1.82, 2.24) is 24.5 Å². The number of nitrogens with zero attached hydrogens (tertiary/aromatic N) is 5. The van der Waals surface area contributed by atoms with Gasteiger partial charge in [-0.05, 0) is 47.5 Å². The largest absolute Gasteiger partial charge is 0.309 e. The van der Waals surface area contributed by atoms with Crippen molar-refractivity contribution in [2.24, 2.45) is 0 Å². The molecule has 0 saturated carbocycles. The highest BCUT2D eigenvalue weighted by molar-refractivity contribution is 7.13. The summed E-state index contributed by atoms with van der Waals surface area (Å²) < 4.78 is 2.36. The van der Waals surface area contributed by atoms with E-state index in [-0.39, 0.29) is 0 Å². The van der Waals surface area contributed by atoms with Gasteiger partial charge in [-0.1, -0.05) is 54.6 Å².